The van der Waals surface area contributed by atoms with Gasteiger partial charge in [0, 0.05) is 30.1 Å². The van der Waals surface area contributed by atoms with Crippen LogP contribution >= 0.6 is 0 Å². The first-order valence-electron chi connectivity index (χ1n) is 7.46. The van der Waals surface area contributed by atoms with Gasteiger partial charge in [-0.05, 0) is 37.1 Å². The molecule has 6 heteroatoms. The second kappa shape index (κ2) is 4.84. The molecule has 2 saturated heterocycles. The average molecular weight is 299 g/mol. The predicted molar refractivity (Wildman–Crippen MR) is 80.5 cm³/mol. The van der Waals surface area contributed by atoms with Crippen molar-refractivity contribution in [3.63, 3.8) is 0 Å². The van der Waals surface area contributed by atoms with Gasteiger partial charge in [-0.15, -0.1) is 0 Å². The molecule has 0 aliphatic carbocycles. The second-order valence-corrected chi connectivity index (χ2v) is 6.11. The maximum absolute atomic E-state index is 12.4. The van der Waals surface area contributed by atoms with Crippen LogP contribution in [0.4, 0.5) is 0 Å². The normalized spacial score (nSPS) is 26.5. The van der Waals surface area contributed by atoms with Crippen molar-refractivity contribution in [2.75, 3.05) is 19.6 Å². The summed E-state index contributed by atoms with van der Waals surface area (Å²) in [5.74, 6) is -0.114. The fraction of sp³-hybridized carbons (Fsp3) is 0.375. The Labute approximate surface area is 127 Å². The second-order valence-electron chi connectivity index (χ2n) is 6.11. The summed E-state index contributed by atoms with van der Waals surface area (Å²) in [6.07, 6.45) is 2.48. The molecule has 6 nitrogen and oxygen atoms in total. The number of rotatable bonds is 3. The Morgan fingerprint density at radius 1 is 1.32 bits per heavy atom. The number of nitrogens with zero attached hydrogens (tertiary/aromatic N) is 1. The van der Waals surface area contributed by atoms with E-state index in [0.29, 0.717) is 28.0 Å². The Morgan fingerprint density at radius 2 is 2.18 bits per heavy atom. The van der Waals surface area contributed by atoms with E-state index in [1.54, 1.807) is 18.2 Å². The Kier molecular flexibility index (Phi) is 2.94. The van der Waals surface area contributed by atoms with Crippen molar-refractivity contribution in [1.82, 2.24) is 10.2 Å². The van der Waals surface area contributed by atoms with E-state index in [1.165, 1.54) is 6.26 Å². The van der Waals surface area contributed by atoms with Crippen molar-refractivity contribution < 1.29 is 14.0 Å². The van der Waals surface area contributed by atoms with Crippen LogP contribution < -0.4 is 11.1 Å². The molecule has 3 N–H and O–H groups in total. The molecule has 3 heterocycles. The van der Waals surface area contributed by atoms with Gasteiger partial charge in [-0.1, -0.05) is 0 Å². The van der Waals surface area contributed by atoms with E-state index in [2.05, 4.69) is 10.2 Å². The van der Waals surface area contributed by atoms with Crippen LogP contribution in [0.2, 0.25) is 0 Å². The third-order valence-electron chi connectivity index (χ3n) is 4.75. The van der Waals surface area contributed by atoms with Gasteiger partial charge in [0.25, 0.3) is 11.8 Å². The Bertz CT molecular complexity index is 767. The number of piperidine rings is 1. The lowest BCUT2D eigenvalue weighted by Crippen LogP contribution is -2.43. The third-order valence-corrected chi connectivity index (χ3v) is 4.75. The van der Waals surface area contributed by atoms with Gasteiger partial charge in [-0.25, -0.2) is 0 Å². The van der Waals surface area contributed by atoms with E-state index in [0.717, 1.165) is 26.1 Å². The minimum absolute atomic E-state index is 0.114. The number of hydrogen-bond donors (Lipinski definition) is 2. The SMILES string of the molecule is NC(=O)c1coc2ccc(C(=O)NC3CN4CC[C@@H]3C4)cc12. The van der Waals surface area contributed by atoms with Gasteiger partial charge in [0.2, 0.25) is 0 Å². The highest BCUT2D eigenvalue weighted by molar-refractivity contribution is 6.07. The van der Waals surface area contributed by atoms with Crippen molar-refractivity contribution in [3.05, 3.63) is 35.6 Å². The summed E-state index contributed by atoms with van der Waals surface area (Å²) in [7, 11) is 0. The zero-order valence-electron chi connectivity index (χ0n) is 12.0. The van der Waals surface area contributed by atoms with Gasteiger partial charge in [0.05, 0.1) is 5.56 Å². The number of fused-ring (bicyclic) bond motifs is 3. The number of hydrogen-bond acceptors (Lipinski definition) is 4. The zero-order chi connectivity index (χ0) is 15.3. The molecular weight excluding hydrogens is 282 g/mol. The van der Waals surface area contributed by atoms with Gasteiger partial charge in [-0.2, -0.15) is 0 Å². The summed E-state index contributed by atoms with van der Waals surface area (Å²) >= 11 is 0. The van der Waals surface area contributed by atoms with Crippen molar-refractivity contribution >= 4 is 22.8 Å². The number of furan rings is 1. The van der Waals surface area contributed by atoms with Crippen molar-refractivity contribution in [2.45, 2.75) is 12.5 Å². The summed E-state index contributed by atoms with van der Waals surface area (Å²) < 4.78 is 5.28. The van der Waals surface area contributed by atoms with Crippen LogP contribution in [0.25, 0.3) is 11.0 Å². The van der Waals surface area contributed by atoms with E-state index in [-0.39, 0.29) is 11.9 Å². The molecule has 22 heavy (non-hydrogen) atoms. The van der Waals surface area contributed by atoms with Gasteiger partial charge in [0.15, 0.2) is 0 Å². The van der Waals surface area contributed by atoms with Crippen LogP contribution in [0.5, 0.6) is 0 Å². The molecule has 1 aromatic carbocycles. The van der Waals surface area contributed by atoms with Gasteiger partial charge < -0.3 is 20.4 Å². The Balaban J connectivity index is 1.59. The van der Waals surface area contributed by atoms with Gasteiger partial charge >= 0.3 is 0 Å². The molecule has 2 bridgehead atoms. The maximum atomic E-state index is 12.4. The van der Waals surface area contributed by atoms with Crippen LogP contribution in [-0.2, 0) is 0 Å². The molecular formula is C16H17N3O3. The number of benzene rings is 1. The summed E-state index contributed by atoms with van der Waals surface area (Å²) in [4.78, 5) is 26.2. The first kappa shape index (κ1) is 13.3. The zero-order valence-corrected chi connectivity index (χ0v) is 12.0. The minimum atomic E-state index is -0.558. The highest BCUT2D eigenvalue weighted by atomic mass is 16.3. The molecule has 2 aliphatic rings. The first-order chi connectivity index (χ1) is 10.6. The van der Waals surface area contributed by atoms with E-state index in [9.17, 15) is 9.59 Å². The molecule has 0 saturated carbocycles. The molecule has 2 aliphatic heterocycles. The van der Waals surface area contributed by atoms with E-state index >= 15 is 0 Å². The molecule has 2 unspecified atom stereocenters. The average Bonchev–Trinajstić information content (AvgIpc) is 3.20. The van der Waals surface area contributed by atoms with Crippen LogP contribution in [0.3, 0.4) is 0 Å². The standard InChI is InChI=1S/C16H17N3O3/c17-15(20)12-8-22-14-2-1-9(5-11(12)14)16(21)18-13-7-19-4-3-10(13)6-19/h1-2,5,8,10,13H,3-4,6-7H2,(H2,17,20)(H,18,21)/t10-,13?/m1/s1. The van der Waals surface area contributed by atoms with E-state index in [4.69, 9.17) is 10.2 Å². The maximum Gasteiger partial charge on any atom is 0.252 e. The largest absolute Gasteiger partial charge is 0.463 e. The van der Waals surface area contributed by atoms with Gasteiger partial charge in [-0.3, -0.25) is 9.59 Å². The highest BCUT2D eigenvalue weighted by Crippen LogP contribution is 2.28. The monoisotopic (exact) mass is 299 g/mol. The fourth-order valence-corrected chi connectivity index (χ4v) is 3.56. The van der Waals surface area contributed by atoms with Gasteiger partial charge in [0.1, 0.15) is 11.8 Å². The topological polar surface area (TPSA) is 88.6 Å². The number of nitrogens with one attached hydrogen (secondary N) is 1. The van der Waals surface area contributed by atoms with Crippen LogP contribution in [-0.4, -0.2) is 42.4 Å². The molecule has 4 rings (SSSR count). The van der Waals surface area contributed by atoms with Crippen molar-refractivity contribution in [1.29, 1.82) is 0 Å². The predicted octanol–water partition coefficient (Wildman–Crippen LogP) is 0.966. The van der Waals surface area contributed by atoms with E-state index < -0.39 is 5.91 Å². The summed E-state index contributed by atoms with van der Waals surface area (Å²) in [6, 6.07) is 5.29. The van der Waals surface area contributed by atoms with Crippen molar-refractivity contribution in [3.8, 4) is 0 Å². The summed E-state index contributed by atoms with van der Waals surface area (Å²) in [5, 5.41) is 3.69. The van der Waals surface area contributed by atoms with Crippen LogP contribution in [0.1, 0.15) is 27.1 Å². The third kappa shape index (κ3) is 2.07. The number of nitrogens with two attached hydrogens (primary N) is 1. The van der Waals surface area contributed by atoms with Crippen molar-refractivity contribution in [2.24, 2.45) is 11.7 Å². The Morgan fingerprint density at radius 3 is 2.86 bits per heavy atom. The minimum Gasteiger partial charge on any atom is -0.463 e. The smallest absolute Gasteiger partial charge is 0.252 e. The quantitative estimate of drug-likeness (QED) is 0.883. The van der Waals surface area contributed by atoms with Crippen LogP contribution in [0, 0.1) is 5.92 Å². The molecule has 2 fully saturated rings. The molecule has 1 aromatic heterocycles. The molecule has 0 radical (unpaired) electrons. The lowest BCUT2D eigenvalue weighted by molar-refractivity contribution is 0.0923. The molecule has 3 atom stereocenters. The van der Waals surface area contributed by atoms with E-state index in [1.807, 2.05) is 0 Å². The summed E-state index contributed by atoms with van der Waals surface area (Å²) in [6.45, 7) is 3.15. The number of carbonyl (C=O) groups excluding carboxylic acids is 2. The fourth-order valence-electron chi connectivity index (χ4n) is 3.56. The molecule has 2 aromatic rings. The molecule has 0 spiro atoms. The number of amides is 2. The molecule has 114 valence electrons. The lowest BCUT2D eigenvalue weighted by Gasteiger charge is -2.23. The molecule has 2 amide bonds. The lowest BCUT2D eigenvalue weighted by atomic mass is 9.99. The number of carbonyl (C=O) groups is 2. The first-order valence-corrected chi connectivity index (χ1v) is 7.46. The Hall–Kier alpha value is -2.34. The van der Waals surface area contributed by atoms with Crippen LogP contribution in [0.15, 0.2) is 28.9 Å². The highest BCUT2D eigenvalue weighted by Gasteiger charge is 2.38. The number of primary amides is 1. The summed E-state index contributed by atoms with van der Waals surface area (Å²) in [5.41, 5.74) is 6.69.